The monoisotopic (exact) mass is 259 g/mol. The average molecular weight is 259 g/mol. The van der Waals surface area contributed by atoms with Crippen LogP contribution in [0.25, 0.3) is 5.69 Å². The van der Waals surface area contributed by atoms with Crippen molar-refractivity contribution in [3.8, 4) is 5.69 Å². The molecule has 0 fully saturated rings. The van der Waals surface area contributed by atoms with E-state index in [1.54, 1.807) is 11.5 Å². The van der Waals surface area contributed by atoms with Crippen LogP contribution in [0.4, 0.5) is 5.82 Å². The van der Waals surface area contributed by atoms with Gasteiger partial charge in [0.25, 0.3) is 0 Å². The predicted molar refractivity (Wildman–Crippen MR) is 73.4 cm³/mol. The van der Waals surface area contributed by atoms with Gasteiger partial charge in [-0.3, -0.25) is 4.57 Å². The number of aryl methyl sites for hydroxylation is 2. The zero-order chi connectivity index (χ0) is 14.0. The largest absolute Gasteiger partial charge is 0.461 e. The van der Waals surface area contributed by atoms with Gasteiger partial charge in [-0.2, -0.15) is 0 Å². The van der Waals surface area contributed by atoms with E-state index in [-0.39, 0.29) is 5.69 Å². The maximum Gasteiger partial charge on any atom is 0.360 e. The Morgan fingerprint density at radius 1 is 1.32 bits per heavy atom. The van der Waals surface area contributed by atoms with Gasteiger partial charge in [-0.05, 0) is 44.0 Å². The first-order chi connectivity index (χ1) is 9.02. The van der Waals surface area contributed by atoms with Gasteiger partial charge in [0, 0.05) is 5.69 Å². The number of carbonyl (C=O) groups excluding carboxylic acids is 1. The normalized spacial score (nSPS) is 10.5. The van der Waals surface area contributed by atoms with E-state index in [1.165, 1.54) is 6.33 Å². The molecule has 0 radical (unpaired) electrons. The summed E-state index contributed by atoms with van der Waals surface area (Å²) in [5.41, 5.74) is 9.26. The van der Waals surface area contributed by atoms with Crippen LogP contribution >= 0.6 is 0 Å². The fraction of sp³-hybridized carbons (Fsp3) is 0.286. The third-order valence-corrected chi connectivity index (χ3v) is 2.76. The van der Waals surface area contributed by atoms with Gasteiger partial charge >= 0.3 is 5.97 Å². The van der Waals surface area contributed by atoms with Crippen molar-refractivity contribution >= 4 is 11.8 Å². The van der Waals surface area contributed by atoms with Crippen LogP contribution in [0, 0.1) is 13.8 Å². The molecular weight excluding hydrogens is 242 g/mol. The predicted octanol–water partition coefficient (Wildman–Crippen LogP) is 2.25. The van der Waals surface area contributed by atoms with E-state index in [2.05, 4.69) is 11.1 Å². The number of nitrogens with two attached hydrogens (primary N) is 1. The number of hydrogen-bond acceptors (Lipinski definition) is 4. The number of benzene rings is 1. The minimum absolute atomic E-state index is 0.154. The molecule has 2 rings (SSSR count). The number of carbonyl (C=O) groups is 1. The first-order valence-corrected chi connectivity index (χ1v) is 6.11. The molecule has 2 N–H and O–H groups in total. The molecule has 0 amide bonds. The highest BCUT2D eigenvalue weighted by atomic mass is 16.5. The van der Waals surface area contributed by atoms with Gasteiger partial charge in [0.15, 0.2) is 5.69 Å². The van der Waals surface area contributed by atoms with E-state index in [4.69, 9.17) is 10.5 Å². The Hall–Kier alpha value is -2.30. The van der Waals surface area contributed by atoms with Crippen LogP contribution in [0.5, 0.6) is 0 Å². The smallest absolute Gasteiger partial charge is 0.360 e. The van der Waals surface area contributed by atoms with E-state index in [9.17, 15) is 4.79 Å². The van der Waals surface area contributed by atoms with Crippen LogP contribution in [0.2, 0.25) is 0 Å². The van der Waals surface area contributed by atoms with Gasteiger partial charge in [-0.1, -0.05) is 6.07 Å². The van der Waals surface area contributed by atoms with Crippen molar-refractivity contribution in [1.29, 1.82) is 0 Å². The number of rotatable bonds is 3. The van der Waals surface area contributed by atoms with Crippen molar-refractivity contribution < 1.29 is 9.53 Å². The molecule has 5 nitrogen and oxygen atoms in total. The first-order valence-electron chi connectivity index (χ1n) is 6.11. The molecule has 0 aliphatic carbocycles. The molecule has 0 bridgehead atoms. The fourth-order valence-corrected chi connectivity index (χ4v) is 2.01. The minimum atomic E-state index is -0.497. The van der Waals surface area contributed by atoms with Crippen LogP contribution < -0.4 is 5.73 Å². The maximum absolute atomic E-state index is 11.7. The Balaban J connectivity index is 2.44. The average Bonchev–Trinajstić information content (AvgIpc) is 2.70. The molecule has 5 heteroatoms. The van der Waals surface area contributed by atoms with E-state index in [1.807, 2.05) is 26.0 Å². The number of imidazole rings is 1. The maximum atomic E-state index is 11.7. The highest BCUT2D eigenvalue weighted by Crippen LogP contribution is 2.20. The number of nitrogen functional groups attached to an aromatic ring is 1. The number of aromatic nitrogens is 2. The summed E-state index contributed by atoms with van der Waals surface area (Å²) in [5.74, 6) is -0.202. The Bertz CT molecular complexity index is 597. The highest BCUT2D eigenvalue weighted by Gasteiger charge is 2.17. The number of anilines is 1. The molecular formula is C14H17N3O2. The fourth-order valence-electron chi connectivity index (χ4n) is 2.01. The minimum Gasteiger partial charge on any atom is -0.461 e. The van der Waals surface area contributed by atoms with Crippen LogP contribution in [0.3, 0.4) is 0 Å². The van der Waals surface area contributed by atoms with Gasteiger partial charge < -0.3 is 10.5 Å². The lowest BCUT2D eigenvalue weighted by atomic mass is 10.1. The molecule has 0 aliphatic heterocycles. The summed E-state index contributed by atoms with van der Waals surface area (Å²) >= 11 is 0. The lowest BCUT2D eigenvalue weighted by molar-refractivity contribution is 0.0521. The van der Waals surface area contributed by atoms with Gasteiger partial charge in [0.2, 0.25) is 0 Å². The Morgan fingerprint density at radius 3 is 2.53 bits per heavy atom. The molecule has 1 aromatic heterocycles. The van der Waals surface area contributed by atoms with Crippen LogP contribution in [0.15, 0.2) is 24.5 Å². The second-order valence-electron chi connectivity index (χ2n) is 4.41. The van der Waals surface area contributed by atoms with Crippen molar-refractivity contribution in [2.24, 2.45) is 0 Å². The molecule has 1 heterocycles. The SMILES string of the molecule is CCOC(=O)c1ncn(-c2cc(C)cc(C)c2)c1N. The topological polar surface area (TPSA) is 70.1 Å². The van der Waals surface area contributed by atoms with Crippen molar-refractivity contribution in [3.05, 3.63) is 41.3 Å². The summed E-state index contributed by atoms with van der Waals surface area (Å²) in [6, 6.07) is 6.04. The van der Waals surface area contributed by atoms with Crippen LogP contribution in [-0.2, 0) is 4.74 Å². The van der Waals surface area contributed by atoms with Crippen LogP contribution in [0.1, 0.15) is 28.5 Å². The summed E-state index contributed by atoms with van der Waals surface area (Å²) in [5, 5.41) is 0. The zero-order valence-electron chi connectivity index (χ0n) is 11.3. The van der Waals surface area contributed by atoms with E-state index >= 15 is 0 Å². The molecule has 0 aliphatic rings. The lowest BCUT2D eigenvalue weighted by Gasteiger charge is -2.08. The molecule has 0 spiro atoms. The van der Waals surface area contributed by atoms with Gasteiger partial charge in [-0.25, -0.2) is 9.78 Å². The number of esters is 1. The van der Waals surface area contributed by atoms with Gasteiger partial charge in [-0.15, -0.1) is 0 Å². The summed E-state index contributed by atoms with van der Waals surface area (Å²) in [4.78, 5) is 15.7. The molecule has 0 saturated heterocycles. The molecule has 19 heavy (non-hydrogen) atoms. The summed E-state index contributed by atoms with van der Waals surface area (Å²) in [6.07, 6.45) is 1.54. The van der Waals surface area contributed by atoms with E-state index in [0.717, 1.165) is 16.8 Å². The lowest BCUT2D eigenvalue weighted by Crippen LogP contribution is -2.09. The Kier molecular flexibility index (Phi) is 3.55. The summed E-state index contributed by atoms with van der Waals surface area (Å²) < 4.78 is 6.60. The second-order valence-corrected chi connectivity index (χ2v) is 4.41. The van der Waals surface area contributed by atoms with Crippen molar-refractivity contribution in [1.82, 2.24) is 9.55 Å². The zero-order valence-corrected chi connectivity index (χ0v) is 11.3. The molecule has 0 saturated carbocycles. The van der Waals surface area contributed by atoms with Crippen LogP contribution in [-0.4, -0.2) is 22.1 Å². The first kappa shape index (κ1) is 13.1. The third-order valence-electron chi connectivity index (χ3n) is 2.76. The van der Waals surface area contributed by atoms with E-state index in [0.29, 0.717) is 12.4 Å². The molecule has 1 aromatic carbocycles. The Morgan fingerprint density at radius 2 is 1.95 bits per heavy atom. The highest BCUT2D eigenvalue weighted by molar-refractivity contribution is 5.92. The molecule has 0 unspecified atom stereocenters. The number of hydrogen-bond donors (Lipinski definition) is 1. The molecule has 2 aromatic rings. The molecule has 100 valence electrons. The van der Waals surface area contributed by atoms with Crippen molar-refractivity contribution in [2.45, 2.75) is 20.8 Å². The summed E-state index contributed by atoms with van der Waals surface area (Å²) in [7, 11) is 0. The Labute approximate surface area is 112 Å². The second kappa shape index (κ2) is 5.14. The molecule has 0 atom stereocenters. The van der Waals surface area contributed by atoms with Crippen molar-refractivity contribution in [2.75, 3.05) is 12.3 Å². The summed E-state index contributed by atoms with van der Waals surface area (Å²) in [6.45, 7) is 6.06. The van der Waals surface area contributed by atoms with Gasteiger partial charge in [0.05, 0.1) is 6.61 Å². The van der Waals surface area contributed by atoms with Gasteiger partial charge in [0.1, 0.15) is 12.1 Å². The number of nitrogens with zero attached hydrogens (tertiary/aromatic N) is 2. The third kappa shape index (κ3) is 2.59. The number of ether oxygens (including phenoxy) is 1. The standard InChI is InChI=1S/C14H17N3O2/c1-4-19-14(18)12-13(15)17(8-16-12)11-6-9(2)5-10(3)7-11/h5-8H,4,15H2,1-3H3. The quantitative estimate of drug-likeness (QED) is 0.858. The van der Waals surface area contributed by atoms with Crippen molar-refractivity contribution in [3.63, 3.8) is 0 Å². The van der Waals surface area contributed by atoms with E-state index < -0.39 is 5.97 Å².